The minimum absolute atomic E-state index is 0.0546. The number of urea groups is 2. The number of benzene rings is 6. The lowest BCUT2D eigenvalue weighted by molar-refractivity contribution is 0.0336. The smallest absolute Gasteiger partial charge is 0.345 e. The molecule has 2 aromatic heterocycles. The third kappa shape index (κ3) is 9.99. The fourth-order valence-corrected chi connectivity index (χ4v) is 8.95. The van der Waals surface area contributed by atoms with Crippen LogP contribution in [0.25, 0.3) is 43.8 Å². The number of anilines is 4. The molecule has 2 fully saturated rings. The highest BCUT2D eigenvalue weighted by atomic mass is 19.1. The Hall–Kier alpha value is -8.06. The summed E-state index contributed by atoms with van der Waals surface area (Å²) in [6, 6.07) is 43.5. The molecule has 6 aromatic carbocycles. The number of hydrazine groups is 1. The van der Waals surface area contributed by atoms with Crippen LogP contribution in [0.5, 0.6) is 0 Å². The number of halogens is 1. The Morgan fingerprint density at radius 2 is 1.03 bits per heavy atom. The number of nitriles is 1. The molecule has 0 radical (unpaired) electrons. The number of carbonyl (C=O) groups is 2. The van der Waals surface area contributed by atoms with Gasteiger partial charge >= 0.3 is 12.1 Å². The lowest BCUT2D eigenvalue weighted by Crippen LogP contribution is -2.54. The van der Waals surface area contributed by atoms with Gasteiger partial charge in [-0.05, 0) is 82.6 Å². The zero-order valence-electron chi connectivity index (χ0n) is 37.7. The van der Waals surface area contributed by atoms with E-state index < -0.39 is 17.9 Å². The maximum atomic E-state index is 15.2. The van der Waals surface area contributed by atoms with Crippen molar-refractivity contribution in [1.29, 1.82) is 5.26 Å². The average molecular weight is 918 g/mol. The molecule has 8 aromatic rings. The Balaban J connectivity index is 0.980. The van der Waals surface area contributed by atoms with E-state index in [4.69, 9.17) is 19.4 Å². The highest BCUT2D eigenvalue weighted by Gasteiger charge is 2.32. The molecule has 69 heavy (non-hydrogen) atoms. The van der Waals surface area contributed by atoms with Gasteiger partial charge in [0.1, 0.15) is 5.82 Å². The monoisotopic (exact) mass is 917 g/mol. The van der Waals surface area contributed by atoms with Crippen LogP contribution in [0, 0.1) is 17.1 Å². The van der Waals surface area contributed by atoms with Crippen molar-refractivity contribution >= 4 is 56.4 Å². The summed E-state index contributed by atoms with van der Waals surface area (Å²) < 4.78 is 26.3. The van der Waals surface area contributed by atoms with Crippen LogP contribution in [0.2, 0.25) is 0 Å². The first-order chi connectivity index (χ1) is 33.9. The summed E-state index contributed by atoms with van der Waals surface area (Å²) in [5, 5.41) is 21.5. The van der Waals surface area contributed by atoms with Crippen LogP contribution in [-0.2, 0) is 22.6 Å². The maximum Gasteiger partial charge on any atom is 0.345 e. The SMILES string of the molecule is N#Cc1cccc(N(C(=O)Nc2ccc(-c3ccc(CN4CCOCC4)nc3)c3ccccc23)N(C(=O)Nc2ccc(-c3ccc(CN4CCOCC4)nc3)c3ccccc23)c2cccc(F)c2)c1. The van der Waals surface area contributed by atoms with Crippen molar-refractivity contribution in [2.75, 3.05) is 73.3 Å². The molecule has 10 rings (SSSR count). The number of carbonyl (C=O) groups excluding carboxylic acids is 2. The van der Waals surface area contributed by atoms with Gasteiger partial charge in [-0.3, -0.25) is 19.8 Å². The molecular weight excluding hydrogens is 870 g/mol. The Bertz CT molecular complexity index is 3190. The van der Waals surface area contributed by atoms with Crippen molar-refractivity contribution in [3.05, 3.63) is 181 Å². The van der Waals surface area contributed by atoms with Gasteiger partial charge in [0.05, 0.1) is 72.2 Å². The molecule has 4 heterocycles. The lowest BCUT2D eigenvalue weighted by Gasteiger charge is -2.35. The summed E-state index contributed by atoms with van der Waals surface area (Å²) in [6.07, 6.45) is 3.74. The molecule has 0 aliphatic carbocycles. The molecule has 0 saturated carbocycles. The number of rotatable bonds is 10. The third-order valence-electron chi connectivity index (χ3n) is 12.4. The lowest BCUT2D eigenvalue weighted by atomic mass is 9.98. The number of hydrogen-bond acceptors (Lipinski definition) is 9. The van der Waals surface area contributed by atoms with E-state index in [2.05, 4.69) is 38.6 Å². The molecule has 4 amide bonds. The first-order valence-electron chi connectivity index (χ1n) is 22.9. The molecular formula is C55H48FN9O4. The topological polar surface area (TPSA) is 139 Å². The van der Waals surface area contributed by atoms with Crippen molar-refractivity contribution in [2.45, 2.75) is 13.1 Å². The molecule has 0 unspecified atom stereocenters. The summed E-state index contributed by atoms with van der Waals surface area (Å²) in [5.74, 6) is -0.624. The van der Waals surface area contributed by atoms with E-state index in [-0.39, 0.29) is 16.9 Å². The first kappa shape index (κ1) is 44.8. The van der Waals surface area contributed by atoms with Crippen molar-refractivity contribution in [1.82, 2.24) is 19.8 Å². The number of nitrogens with zero attached hydrogens (tertiary/aromatic N) is 7. The first-order valence-corrected chi connectivity index (χ1v) is 22.9. The van der Waals surface area contributed by atoms with Crippen LogP contribution in [0.15, 0.2) is 158 Å². The van der Waals surface area contributed by atoms with E-state index in [1.54, 1.807) is 24.3 Å². The Morgan fingerprint density at radius 3 is 1.48 bits per heavy atom. The second-order valence-electron chi connectivity index (χ2n) is 16.9. The molecule has 0 atom stereocenters. The van der Waals surface area contributed by atoms with Gasteiger partial charge in [-0.15, -0.1) is 0 Å². The molecule has 14 heteroatoms. The van der Waals surface area contributed by atoms with Crippen LogP contribution in [0.4, 0.5) is 36.7 Å². The van der Waals surface area contributed by atoms with Gasteiger partial charge in [-0.25, -0.2) is 14.0 Å². The zero-order chi connectivity index (χ0) is 47.1. The largest absolute Gasteiger partial charge is 0.379 e. The van der Waals surface area contributed by atoms with Crippen molar-refractivity contribution < 1.29 is 23.5 Å². The fraction of sp³-hybridized carbons (Fsp3) is 0.182. The second-order valence-corrected chi connectivity index (χ2v) is 16.9. The second kappa shape index (κ2) is 20.4. The van der Waals surface area contributed by atoms with Gasteiger partial charge < -0.3 is 20.1 Å². The molecule has 344 valence electrons. The van der Waals surface area contributed by atoms with Crippen LogP contribution >= 0.6 is 0 Å². The number of nitrogens with one attached hydrogen (secondary N) is 2. The molecule has 0 bridgehead atoms. The van der Waals surface area contributed by atoms with Gasteiger partial charge in [0.15, 0.2) is 0 Å². The molecule has 13 nitrogen and oxygen atoms in total. The van der Waals surface area contributed by atoms with E-state index in [1.807, 2.05) is 97.3 Å². The van der Waals surface area contributed by atoms with E-state index in [9.17, 15) is 5.26 Å². The minimum Gasteiger partial charge on any atom is -0.379 e. The number of hydrogen-bond donors (Lipinski definition) is 2. The van der Waals surface area contributed by atoms with Crippen molar-refractivity contribution in [2.24, 2.45) is 0 Å². The Kier molecular flexibility index (Phi) is 13.3. The summed E-state index contributed by atoms with van der Waals surface area (Å²) in [5.41, 5.74) is 6.97. The summed E-state index contributed by atoms with van der Waals surface area (Å²) >= 11 is 0. The number of pyridine rings is 2. The highest BCUT2D eigenvalue weighted by Crippen LogP contribution is 2.36. The molecule has 2 N–H and O–H groups in total. The van der Waals surface area contributed by atoms with Gasteiger partial charge in [0, 0.05) is 73.6 Å². The van der Waals surface area contributed by atoms with Gasteiger partial charge in [-0.1, -0.05) is 84.9 Å². The van der Waals surface area contributed by atoms with E-state index in [0.717, 1.165) is 104 Å². The predicted molar refractivity (Wildman–Crippen MR) is 267 cm³/mol. The Morgan fingerprint density at radius 1 is 0.565 bits per heavy atom. The quantitative estimate of drug-likeness (QED) is 0.128. The van der Waals surface area contributed by atoms with Gasteiger partial charge in [0.25, 0.3) is 0 Å². The van der Waals surface area contributed by atoms with Crippen LogP contribution in [0.3, 0.4) is 0 Å². The number of amides is 4. The summed E-state index contributed by atoms with van der Waals surface area (Å²) in [7, 11) is 0. The van der Waals surface area contributed by atoms with E-state index in [0.29, 0.717) is 37.8 Å². The molecule has 2 saturated heterocycles. The number of fused-ring (bicyclic) bond motifs is 2. The normalized spacial score (nSPS) is 14.3. The van der Waals surface area contributed by atoms with Crippen LogP contribution < -0.4 is 20.7 Å². The highest BCUT2D eigenvalue weighted by molar-refractivity contribution is 6.17. The number of ether oxygens (including phenoxy) is 2. The van der Waals surface area contributed by atoms with Gasteiger partial charge in [0.2, 0.25) is 0 Å². The summed E-state index contributed by atoms with van der Waals surface area (Å²) in [4.78, 5) is 44.4. The molecule has 2 aliphatic rings. The van der Waals surface area contributed by atoms with Crippen molar-refractivity contribution in [3.8, 4) is 28.3 Å². The number of morpholine rings is 2. The average Bonchev–Trinajstić information content (AvgIpc) is 3.39. The third-order valence-corrected chi connectivity index (χ3v) is 12.4. The Labute approximate surface area is 398 Å². The maximum absolute atomic E-state index is 15.2. The van der Waals surface area contributed by atoms with Crippen molar-refractivity contribution in [3.63, 3.8) is 0 Å². The van der Waals surface area contributed by atoms with Crippen LogP contribution in [-0.4, -0.2) is 84.4 Å². The number of aromatic nitrogens is 2. The van der Waals surface area contributed by atoms with E-state index in [1.165, 1.54) is 24.3 Å². The van der Waals surface area contributed by atoms with Crippen LogP contribution in [0.1, 0.15) is 17.0 Å². The fourth-order valence-electron chi connectivity index (χ4n) is 8.95. The molecule has 2 aliphatic heterocycles. The molecule has 0 spiro atoms. The zero-order valence-corrected chi connectivity index (χ0v) is 37.7. The standard InChI is InChI=1S/C55H48FN9O4/c56-41-8-6-10-45(32-41)65(55(67)61-53-22-20-47(49-12-2-4-14-51(49)53)40-16-18-43(59-35-40)37-63-25-29-69-30-26-63)64(44-9-5-7-38(31-44)33-57)54(66)60-52-21-19-46(48-11-1-3-13-50(48)52)39-15-17-42(58-34-39)36-62-23-27-68-28-24-62/h1-22,31-32,34-35H,23-30,36-37H2,(H,60,66)(H,61,67). The minimum atomic E-state index is -0.769. The predicted octanol–water partition coefficient (Wildman–Crippen LogP) is 10.5. The van der Waals surface area contributed by atoms with E-state index >= 15 is 14.0 Å². The summed E-state index contributed by atoms with van der Waals surface area (Å²) in [6.45, 7) is 7.78. The van der Waals surface area contributed by atoms with Gasteiger partial charge in [-0.2, -0.15) is 15.3 Å².